The van der Waals surface area contributed by atoms with Crippen LogP contribution in [0.15, 0.2) is 18.2 Å². The molecule has 1 atom stereocenters. The summed E-state index contributed by atoms with van der Waals surface area (Å²) < 4.78 is 17.7. The van der Waals surface area contributed by atoms with Crippen molar-refractivity contribution in [3.63, 3.8) is 0 Å². The van der Waals surface area contributed by atoms with E-state index in [9.17, 15) is 14.0 Å². The summed E-state index contributed by atoms with van der Waals surface area (Å²) in [5.74, 6) is -1.55. The number of carbonyl (C=O) groups excluding carboxylic acids is 2. The van der Waals surface area contributed by atoms with Crippen LogP contribution in [0.2, 0.25) is 0 Å². The Balaban J connectivity index is 2.27. The Morgan fingerprint density at radius 1 is 1.56 bits per heavy atom. The molecule has 0 fully saturated rings. The summed E-state index contributed by atoms with van der Waals surface area (Å²) in [5.41, 5.74) is 1.07. The van der Waals surface area contributed by atoms with E-state index in [0.29, 0.717) is 11.1 Å². The van der Waals surface area contributed by atoms with Gasteiger partial charge in [0, 0.05) is 12.7 Å². The molecule has 4 heteroatoms. The van der Waals surface area contributed by atoms with Crippen molar-refractivity contribution in [2.75, 3.05) is 13.7 Å². The normalized spacial score (nSPS) is 18.6. The number of carbonyl (C=O) groups is 2. The lowest BCUT2D eigenvalue weighted by Gasteiger charge is -2.04. The maximum atomic E-state index is 12.9. The molecule has 0 aromatic heterocycles. The predicted octanol–water partition coefficient (Wildman–Crippen LogP) is 1.40. The number of ketones is 2. The molecule has 0 N–H and O–H groups in total. The number of Topliss-reactive ketones (excluding diaryl/α,β-unsaturated/α-hetero) is 2. The van der Waals surface area contributed by atoms with Crippen molar-refractivity contribution in [3.05, 3.63) is 35.1 Å². The highest BCUT2D eigenvalue weighted by Gasteiger charge is 2.35. The topological polar surface area (TPSA) is 43.4 Å². The zero-order chi connectivity index (χ0) is 11.7. The lowest BCUT2D eigenvalue weighted by molar-refractivity contribution is -0.124. The van der Waals surface area contributed by atoms with Gasteiger partial charge in [0.05, 0.1) is 5.92 Å². The van der Waals surface area contributed by atoms with Crippen molar-refractivity contribution < 1.29 is 18.7 Å². The third-order valence-electron chi connectivity index (χ3n) is 2.75. The molecule has 0 spiro atoms. The second-order valence-corrected chi connectivity index (χ2v) is 3.82. The summed E-state index contributed by atoms with van der Waals surface area (Å²) in [6, 6.07) is 3.99. The Morgan fingerprint density at radius 3 is 3.00 bits per heavy atom. The van der Waals surface area contributed by atoms with Gasteiger partial charge in [-0.3, -0.25) is 9.59 Å². The Morgan fingerprint density at radius 2 is 2.31 bits per heavy atom. The Labute approximate surface area is 92.2 Å². The van der Waals surface area contributed by atoms with Crippen LogP contribution >= 0.6 is 0 Å². The van der Waals surface area contributed by atoms with Crippen LogP contribution in [0.3, 0.4) is 0 Å². The molecule has 0 saturated heterocycles. The summed E-state index contributed by atoms with van der Waals surface area (Å²) in [7, 11) is 1.41. The molecule has 1 aliphatic rings. The molecule has 1 aromatic carbocycles. The van der Waals surface area contributed by atoms with E-state index in [1.54, 1.807) is 0 Å². The highest BCUT2D eigenvalue weighted by Crippen LogP contribution is 2.27. The maximum Gasteiger partial charge on any atom is 0.174 e. The fourth-order valence-corrected chi connectivity index (χ4v) is 1.97. The average Bonchev–Trinajstić information content (AvgIpc) is 2.56. The SMILES string of the molecule is COCC(=O)C1Cc2cc(F)ccc2C1=O. The number of methoxy groups -OCH3 is 1. The van der Waals surface area contributed by atoms with Gasteiger partial charge in [-0.15, -0.1) is 0 Å². The van der Waals surface area contributed by atoms with Gasteiger partial charge < -0.3 is 4.74 Å². The molecule has 0 saturated carbocycles. The molecular weight excluding hydrogens is 211 g/mol. The minimum atomic E-state index is -0.697. The van der Waals surface area contributed by atoms with E-state index in [4.69, 9.17) is 4.74 Å². The number of hydrogen-bond donors (Lipinski definition) is 0. The van der Waals surface area contributed by atoms with Crippen LogP contribution in [-0.2, 0) is 16.0 Å². The molecule has 0 bridgehead atoms. The van der Waals surface area contributed by atoms with Crippen LogP contribution in [0.4, 0.5) is 4.39 Å². The fourth-order valence-electron chi connectivity index (χ4n) is 1.97. The fraction of sp³-hybridized carbons (Fsp3) is 0.333. The first kappa shape index (κ1) is 11.0. The maximum absolute atomic E-state index is 12.9. The highest BCUT2D eigenvalue weighted by molar-refractivity contribution is 6.14. The number of ether oxygens (including phenoxy) is 1. The minimum absolute atomic E-state index is 0.0765. The quantitative estimate of drug-likeness (QED) is 0.726. The second-order valence-electron chi connectivity index (χ2n) is 3.82. The molecule has 0 amide bonds. The third kappa shape index (κ3) is 1.76. The van der Waals surface area contributed by atoms with Gasteiger partial charge in [-0.05, 0) is 30.2 Å². The summed E-state index contributed by atoms with van der Waals surface area (Å²) in [6.07, 6.45) is 0.286. The van der Waals surface area contributed by atoms with Crippen molar-refractivity contribution in [1.29, 1.82) is 0 Å². The van der Waals surface area contributed by atoms with Crippen LogP contribution in [0.1, 0.15) is 15.9 Å². The van der Waals surface area contributed by atoms with Crippen LogP contribution < -0.4 is 0 Å². The summed E-state index contributed by atoms with van der Waals surface area (Å²) in [4.78, 5) is 23.4. The standard InChI is InChI=1S/C12H11FO3/c1-16-6-11(14)10-5-7-4-8(13)2-3-9(7)12(10)15/h2-4,10H,5-6H2,1H3. The number of hydrogen-bond acceptors (Lipinski definition) is 3. The molecular formula is C12H11FO3. The number of halogens is 1. The first-order chi connectivity index (χ1) is 7.63. The molecule has 0 radical (unpaired) electrons. The molecule has 2 rings (SSSR count). The number of rotatable bonds is 3. The zero-order valence-electron chi connectivity index (χ0n) is 8.83. The third-order valence-corrected chi connectivity index (χ3v) is 2.75. The van der Waals surface area contributed by atoms with E-state index >= 15 is 0 Å². The Hall–Kier alpha value is -1.55. The van der Waals surface area contributed by atoms with Crippen molar-refractivity contribution in [2.45, 2.75) is 6.42 Å². The molecule has 84 valence electrons. The van der Waals surface area contributed by atoms with Crippen LogP contribution in [0.5, 0.6) is 0 Å². The van der Waals surface area contributed by atoms with Gasteiger partial charge >= 0.3 is 0 Å². The lowest BCUT2D eigenvalue weighted by atomic mass is 10.0. The lowest BCUT2D eigenvalue weighted by Crippen LogP contribution is -2.24. The highest BCUT2D eigenvalue weighted by atomic mass is 19.1. The molecule has 16 heavy (non-hydrogen) atoms. The van der Waals surface area contributed by atoms with E-state index in [1.807, 2.05) is 0 Å². The van der Waals surface area contributed by atoms with Gasteiger partial charge in [-0.1, -0.05) is 0 Å². The largest absolute Gasteiger partial charge is 0.377 e. The van der Waals surface area contributed by atoms with Crippen molar-refractivity contribution >= 4 is 11.6 Å². The van der Waals surface area contributed by atoms with Gasteiger partial charge in [0.2, 0.25) is 0 Å². The first-order valence-corrected chi connectivity index (χ1v) is 4.97. The Bertz CT molecular complexity index is 454. The monoisotopic (exact) mass is 222 g/mol. The number of fused-ring (bicyclic) bond motifs is 1. The summed E-state index contributed by atoms with van der Waals surface area (Å²) in [6.45, 7) is -0.0765. The van der Waals surface area contributed by atoms with Gasteiger partial charge in [0.1, 0.15) is 12.4 Å². The van der Waals surface area contributed by atoms with Gasteiger partial charge in [0.25, 0.3) is 0 Å². The van der Waals surface area contributed by atoms with Crippen molar-refractivity contribution in [2.24, 2.45) is 5.92 Å². The van der Waals surface area contributed by atoms with Gasteiger partial charge in [-0.2, -0.15) is 0 Å². The van der Waals surface area contributed by atoms with Crippen LogP contribution in [0, 0.1) is 11.7 Å². The first-order valence-electron chi connectivity index (χ1n) is 4.97. The van der Waals surface area contributed by atoms with Crippen LogP contribution in [-0.4, -0.2) is 25.3 Å². The molecule has 0 aliphatic heterocycles. The van der Waals surface area contributed by atoms with Gasteiger partial charge in [-0.25, -0.2) is 4.39 Å². The van der Waals surface area contributed by atoms with E-state index in [1.165, 1.54) is 25.3 Å². The van der Waals surface area contributed by atoms with E-state index in [2.05, 4.69) is 0 Å². The number of benzene rings is 1. The van der Waals surface area contributed by atoms with Crippen LogP contribution in [0.25, 0.3) is 0 Å². The molecule has 3 nitrogen and oxygen atoms in total. The molecule has 1 aromatic rings. The predicted molar refractivity (Wildman–Crippen MR) is 54.8 cm³/mol. The zero-order valence-corrected chi connectivity index (χ0v) is 8.83. The average molecular weight is 222 g/mol. The molecule has 0 heterocycles. The Kier molecular flexibility index (Phi) is 2.83. The molecule has 1 aliphatic carbocycles. The van der Waals surface area contributed by atoms with E-state index in [-0.39, 0.29) is 30.4 Å². The van der Waals surface area contributed by atoms with E-state index < -0.39 is 5.92 Å². The summed E-state index contributed by atoms with van der Waals surface area (Å²) in [5, 5.41) is 0. The smallest absolute Gasteiger partial charge is 0.174 e. The summed E-state index contributed by atoms with van der Waals surface area (Å²) >= 11 is 0. The molecule has 1 unspecified atom stereocenters. The minimum Gasteiger partial charge on any atom is -0.377 e. The second kappa shape index (κ2) is 4.14. The van der Waals surface area contributed by atoms with Gasteiger partial charge in [0.15, 0.2) is 11.6 Å². The van der Waals surface area contributed by atoms with Crippen molar-refractivity contribution in [1.82, 2.24) is 0 Å². The van der Waals surface area contributed by atoms with Crippen molar-refractivity contribution in [3.8, 4) is 0 Å². The van der Waals surface area contributed by atoms with E-state index in [0.717, 1.165) is 0 Å².